The number of anilines is 1. The lowest BCUT2D eigenvalue weighted by Crippen LogP contribution is -2.38. The molecular formula is C14H20N2OS. The summed E-state index contributed by atoms with van der Waals surface area (Å²) in [7, 11) is 0. The molecule has 1 saturated carbocycles. The van der Waals surface area contributed by atoms with Crippen LogP contribution in [0.25, 0.3) is 0 Å². The molecule has 0 aromatic carbocycles. The quantitative estimate of drug-likeness (QED) is 0.785. The summed E-state index contributed by atoms with van der Waals surface area (Å²) < 4.78 is 0. The van der Waals surface area contributed by atoms with Crippen molar-refractivity contribution < 1.29 is 4.79 Å². The number of thiazole rings is 1. The summed E-state index contributed by atoms with van der Waals surface area (Å²) in [5.41, 5.74) is 1.07. The Balaban J connectivity index is 1.84. The first-order valence-electron chi connectivity index (χ1n) is 6.88. The molecule has 3 rings (SSSR count). The lowest BCUT2D eigenvalue weighted by Gasteiger charge is -2.34. The first-order chi connectivity index (χ1) is 8.67. The van der Waals surface area contributed by atoms with E-state index in [1.54, 1.807) is 11.3 Å². The minimum atomic E-state index is 0.565. The van der Waals surface area contributed by atoms with Crippen LogP contribution >= 0.6 is 11.3 Å². The van der Waals surface area contributed by atoms with Gasteiger partial charge in [-0.2, -0.15) is 0 Å². The number of carbonyl (C=O) groups is 1. The van der Waals surface area contributed by atoms with Crippen molar-refractivity contribution in [2.75, 3.05) is 18.0 Å². The summed E-state index contributed by atoms with van der Waals surface area (Å²) >= 11 is 1.59. The molecule has 0 N–H and O–H groups in total. The summed E-state index contributed by atoms with van der Waals surface area (Å²) in [6.07, 6.45) is 4.71. The number of rotatable bonds is 3. The largest absolute Gasteiger partial charge is 0.348 e. The van der Waals surface area contributed by atoms with E-state index in [0.29, 0.717) is 5.92 Å². The topological polar surface area (TPSA) is 33.2 Å². The van der Waals surface area contributed by atoms with Gasteiger partial charge in [-0.05, 0) is 31.1 Å². The van der Waals surface area contributed by atoms with E-state index in [1.807, 2.05) is 0 Å². The maximum Gasteiger partial charge on any atom is 0.186 e. The van der Waals surface area contributed by atoms with Gasteiger partial charge in [0.05, 0.1) is 10.6 Å². The minimum absolute atomic E-state index is 0.565. The van der Waals surface area contributed by atoms with Gasteiger partial charge in [-0.15, -0.1) is 0 Å². The second-order valence-electron chi connectivity index (χ2n) is 5.99. The zero-order valence-electron chi connectivity index (χ0n) is 11.1. The van der Waals surface area contributed by atoms with Gasteiger partial charge in [0.1, 0.15) is 0 Å². The van der Waals surface area contributed by atoms with E-state index in [1.165, 1.54) is 19.3 Å². The van der Waals surface area contributed by atoms with Crippen LogP contribution in [0.3, 0.4) is 0 Å². The number of piperidine rings is 1. The van der Waals surface area contributed by atoms with E-state index in [9.17, 15) is 4.79 Å². The molecule has 0 bridgehead atoms. The Morgan fingerprint density at radius 3 is 2.50 bits per heavy atom. The van der Waals surface area contributed by atoms with Crippen LogP contribution < -0.4 is 4.90 Å². The van der Waals surface area contributed by atoms with Crippen LogP contribution in [0.4, 0.5) is 5.13 Å². The molecule has 4 heteroatoms. The standard InChI is InChI=1S/C14H20N2OS/c1-9-5-10(2)7-16(6-9)14-15-13(11-3-4-11)12(8-17)18-14/h8-11H,3-7H2,1-2H3. The van der Waals surface area contributed by atoms with Crippen molar-refractivity contribution in [2.24, 2.45) is 11.8 Å². The number of hydrogen-bond acceptors (Lipinski definition) is 4. The van der Waals surface area contributed by atoms with Gasteiger partial charge in [0.15, 0.2) is 11.4 Å². The van der Waals surface area contributed by atoms with Gasteiger partial charge >= 0.3 is 0 Å². The molecule has 1 saturated heterocycles. The molecule has 0 spiro atoms. The smallest absolute Gasteiger partial charge is 0.186 e. The Kier molecular flexibility index (Phi) is 3.14. The molecule has 2 aliphatic rings. The third-order valence-electron chi connectivity index (χ3n) is 3.88. The van der Waals surface area contributed by atoms with Crippen LogP contribution in [0.1, 0.15) is 54.4 Å². The van der Waals surface area contributed by atoms with Crippen LogP contribution in [0.15, 0.2) is 0 Å². The molecule has 3 nitrogen and oxygen atoms in total. The highest BCUT2D eigenvalue weighted by atomic mass is 32.1. The second kappa shape index (κ2) is 4.65. The molecule has 1 aromatic rings. The van der Waals surface area contributed by atoms with Crippen LogP contribution in [-0.4, -0.2) is 24.4 Å². The van der Waals surface area contributed by atoms with E-state index in [-0.39, 0.29) is 0 Å². The predicted octanol–water partition coefficient (Wildman–Crippen LogP) is 3.32. The maximum absolute atomic E-state index is 11.1. The molecule has 18 heavy (non-hydrogen) atoms. The Hall–Kier alpha value is -0.900. The van der Waals surface area contributed by atoms with Gasteiger partial charge in [-0.1, -0.05) is 25.2 Å². The zero-order chi connectivity index (χ0) is 12.7. The molecule has 2 fully saturated rings. The van der Waals surface area contributed by atoms with Crippen molar-refractivity contribution in [3.05, 3.63) is 10.6 Å². The predicted molar refractivity (Wildman–Crippen MR) is 74.6 cm³/mol. The van der Waals surface area contributed by atoms with Crippen LogP contribution in [0, 0.1) is 11.8 Å². The van der Waals surface area contributed by atoms with Crippen molar-refractivity contribution in [1.29, 1.82) is 0 Å². The lowest BCUT2D eigenvalue weighted by atomic mass is 9.92. The van der Waals surface area contributed by atoms with Gasteiger partial charge in [0.2, 0.25) is 0 Å². The molecule has 1 aliphatic heterocycles. The van der Waals surface area contributed by atoms with Crippen molar-refractivity contribution in [3.8, 4) is 0 Å². The van der Waals surface area contributed by atoms with E-state index >= 15 is 0 Å². The van der Waals surface area contributed by atoms with Crippen LogP contribution in [0.5, 0.6) is 0 Å². The van der Waals surface area contributed by atoms with Gasteiger partial charge in [0.25, 0.3) is 0 Å². The Labute approximate surface area is 112 Å². The van der Waals surface area contributed by atoms with Crippen molar-refractivity contribution in [1.82, 2.24) is 4.98 Å². The zero-order valence-corrected chi connectivity index (χ0v) is 11.9. The third-order valence-corrected chi connectivity index (χ3v) is 4.94. The lowest BCUT2D eigenvalue weighted by molar-refractivity contribution is 0.112. The molecule has 1 aromatic heterocycles. The summed E-state index contributed by atoms with van der Waals surface area (Å²) in [6, 6.07) is 0. The molecule has 2 unspecified atom stereocenters. The third kappa shape index (κ3) is 2.30. The van der Waals surface area contributed by atoms with Gasteiger partial charge in [-0.25, -0.2) is 4.98 Å². The number of nitrogens with zero attached hydrogens (tertiary/aromatic N) is 2. The summed E-state index contributed by atoms with van der Waals surface area (Å²) in [6.45, 7) is 6.78. The van der Waals surface area contributed by atoms with E-state index in [2.05, 4.69) is 18.7 Å². The van der Waals surface area contributed by atoms with E-state index < -0.39 is 0 Å². The Morgan fingerprint density at radius 2 is 1.94 bits per heavy atom. The number of carbonyl (C=O) groups excluding carboxylic acids is 1. The van der Waals surface area contributed by atoms with Crippen molar-refractivity contribution >= 4 is 22.8 Å². The summed E-state index contributed by atoms with van der Waals surface area (Å²) in [5.74, 6) is 2.01. The molecule has 0 radical (unpaired) electrons. The van der Waals surface area contributed by atoms with Gasteiger partial charge in [-0.3, -0.25) is 4.79 Å². The van der Waals surface area contributed by atoms with Crippen LogP contribution in [0.2, 0.25) is 0 Å². The highest BCUT2D eigenvalue weighted by Crippen LogP contribution is 2.44. The normalized spacial score (nSPS) is 28.4. The average Bonchev–Trinajstić information content (AvgIpc) is 3.07. The molecule has 2 atom stereocenters. The maximum atomic E-state index is 11.1. The van der Waals surface area contributed by atoms with Crippen molar-refractivity contribution in [2.45, 2.75) is 39.0 Å². The number of aromatic nitrogens is 1. The fraction of sp³-hybridized carbons (Fsp3) is 0.714. The molecule has 0 amide bonds. The molecular weight excluding hydrogens is 244 g/mol. The molecule has 2 heterocycles. The fourth-order valence-corrected chi connectivity index (χ4v) is 4.00. The summed E-state index contributed by atoms with van der Waals surface area (Å²) in [4.78, 5) is 19.1. The van der Waals surface area contributed by atoms with Gasteiger partial charge in [0, 0.05) is 19.0 Å². The van der Waals surface area contributed by atoms with E-state index in [0.717, 1.165) is 46.9 Å². The molecule has 1 aliphatic carbocycles. The summed E-state index contributed by atoms with van der Waals surface area (Å²) in [5, 5.41) is 1.07. The number of aldehydes is 1. The van der Waals surface area contributed by atoms with Gasteiger partial charge < -0.3 is 4.90 Å². The minimum Gasteiger partial charge on any atom is -0.348 e. The highest BCUT2D eigenvalue weighted by molar-refractivity contribution is 7.17. The Morgan fingerprint density at radius 1 is 1.28 bits per heavy atom. The monoisotopic (exact) mass is 264 g/mol. The fourth-order valence-electron chi connectivity index (χ4n) is 3.02. The molecule has 98 valence electrons. The average molecular weight is 264 g/mol. The second-order valence-corrected chi connectivity index (χ2v) is 7.00. The van der Waals surface area contributed by atoms with E-state index in [4.69, 9.17) is 4.98 Å². The SMILES string of the molecule is CC1CC(C)CN(c2nc(C3CC3)c(C=O)s2)C1. The first-order valence-corrected chi connectivity index (χ1v) is 7.70. The van der Waals surface area contributed by atoms with Crippen molar-refractivity contribution in [3.63, 3.8) is 0 Å². The first kappa shape index (κ1) is 12.2. The Bertz CT molecular complexity index is 443. The number of hydrogen-bond donors (Lipinski definition) is 0. The van der Waals surface area contributed by atoms with Crippen LogP contribution in [-0.2, 0) is 0 Å². The highest BCUT2D eigenvalue weighted by Gasteiger charge is 2.31.